The van der Waals surface area contributed by atoms with E-state index in [9.17, 15) is 9.59 Å². The Balaban J connectivity index is 1.42. The first-order valence-corrected chi connectivity index (χ1v) is 13.2. The number of hydrogen-bond donors (Lipinski definition) is 1. The maximum atomic E-state index is 13.7. The number of nitrogens with two attached hydrogens (primary N) is 1. The van der Waals surface area contributed by atoms with Crippen LogP contribution in [0.3, 0.4) is 0 Å². The minimum atomic E-state index is -0.538. The largest absolute Gasteiger partial charge is 0.496 e. The molecule has 210 valence electrons. The number of primary amides is 1. The number of nitrogens with zero attached hydrogens (tertiary/aromatic N) is 4. The van der Waals surface area contributed by atoms with Crippen LogP contribution in [0.1, 0.15) is 17.0 Å². The number of aryl methyl sites for hydroxylation is 1. The highest BCUT2D eigenvalue weighted by Gasteiger charge is 2.18. The highest BCUT2D eigenvalue weighted by molar-refractivity contribution is 5.89. The van der Waals surface area contributed by atoms with E-state index in [-0.39, 0.29) is 18.0 Å². The summed E-state index contributed by atoms with van der Waals surface area (Å²) in [6.45, 7) is 3.77. The van der Waals surface area contributed by atoms with Gasteiger partial charge in [0.15, 0.2) is 12.4 Å². The molecule has 0 bridgehead atoms. The molecule has 3 aromatic carbocycles. The Morgan fingerprint density at radius 3 is 2.57 bits per heavy atom. The second-order valence-corrected chi connectivity index (χ2v) is 9.71. The summed E-state index contributed by atoms with van der Waals surface area (Å²) in [6.07, 6.45) is 1.65. The third kappa shape index (κ3) is 4.79. The van der Waals surface area contributed by atoms with Gasteiger partial charge in [-0.25, -0.2) is 4.98 Å². The second kappa shape index (κ2) is 10.7. The Morgan fingerprint density at radius 2 is 1.81 bits per heavy atom. The van der Waals surface area contributed by atoms with Crippen LogP contribution in [0.5, 0.6) is 11.5 Å². The van der Waals surface area contributed by atoms with Crippen LogP contribution in [0.15, 0.2) is 93.2 Å². The summed E-state index contributed by atoms with van der Waals surface area (Å²) in [5.41, 5.74) is 9.60. The molecule has 1 amide bonds. The van der Waals surface area contributed by atoms with Crippen molar-refractivity contribution >= 4 is 34.0 Å². The first kappa shape index (κ1) is 26.6. The highest BCUT2D eigenvalue weighted by Crippen LogP contribution is 2.33. The van der Waals surface area contributed by atoms with Gasteiger partial charge >= 0.3 is 0 Å². The fourth-order valence-corrected chi connectivity index (χ4v) is 4.99. The molecule has 0 aliphatic carbocycles. The van der Waals surface area contributed by atoms with Crippen molar-refractivity contribution < 1.29 is 18.7 Å². The molecule has 0 spiro atoms. The molecule has 0 saturated carbocycles. The SMILES string of the molecule is COc1cccc2oc(-c3nc4ccccc4c(=O)n3N=Cc3cc(C)n(-c4ccc(OCC(N)=O)cc4)c3C)cc12. The average Bonchev–Trinajstić information content (AvgIpc) is 3.55. The molecule has 10 nitrogen and oxygen atoms in total. The van der Waals surface area contributed by atoms with Gasteiger partial charge in [-0.05, 0) is 74.5 Å². The van der Waals surface area contributed by atoms with Crippen LogP contribution < -0.4 is 20.8 Å². The van der Waals surface area contributed by atoms with E-state index in [1.165, 1.54) is 4.68 Å². The number of carbonyl (C=O) groups excluding carboxylic acids is 1. The van der Waals surface area contributed by atoms with Crippen LogP contribution in [0.25, 0.3) is 39.1 Å². The lowest BCUT2D eigenvalue weighted by molar-refractivity contribution is -0.119. The maximum Gasteiger partial charge on any atom is 0.282 e. The Labute approximate surface area is 240 Å². The molecule has 0 fully saturated rings. The fraction of sp³-hybridized carbons (Fsp3) is 0.125. The molecule has 42 heavy (non-hydrogen) atoms. The van der Waals surface area contributed by atoms with E-state index in [1.54, 1.807) is 49.7 Å². The van der Waals surface area contributed by atoms with Crippen molar-refractivity contribution in [2.45, 2.75) is 13.8 Å². The normalized spacial score (nSPS) is 11.5. The van der Waals surface area contributed by atoms with E-state index in [4.69, 9.17) is 24.6 Å². The minimum absolute atomic E-state index is 0.186. The van der Waals surface area contributed by atoms with Crippen molar-refractivity contribution in [1.82, 2.24) is 14.2 Å². The zero-order valence-electron chi connectivity index (χ0n) is 23.2. The molecule has 6 aromatic rings. The number of aromatic nitrogens is 3. The Kier molecular flexibility index (Phi) is 6.79. The molecule has 2 N–H and O–H groups in total. The van der Waals surface area contributed by atoms with Crippen LogP contribution in [0.4, 0.5) is 0 Å². The number of para-hydroxylation sites is 1. The predicted octanol–water partition coefficient (Wildman–Crippen LogP) is 4.97. The van der Waals surface area contributed by atoms with Gasteiger partial charge < -0.3 is 24.2 Å². The molecule has 0 aliphatic rings. The third-order valence-corrected chi connectivity index (χ3v) is 6.97. The van der Waals surface area contributed by atoms with Crippen molar-refractivity contribution in [3.63, 3.8) is 0 Å². The van der Waals surface area contributed by atoms with E-state index < -0.39 is 5.91 Å². The first-order chi connectivity index (χ1) is 20.3. The first-order valence-electron chi connectivity index (χ1n) is 13.2. The van der Waals surface area contributed by atoms with Crippen LogP contribution in [0, 0.1) is 13.8 Å². The molecule has 10 heteroatoms. The summed E-state index contributed by atoms with van der Waals surface area (Å²) in [5, 5.41) is 5.83. The summed E-state index contributed by atoms with van der Waals surface area (Å²) < 4.78 is 20.3. The number of furan rings is 1. The number of hydrogen-bond acceptors (Lipinski definition) is 7. The Bertz CT molecular complexity index is 2050. The molecule has 3 heterocycles. The summed E-state index contributed by atoms with van der Waals surface area (Å²) in [5.74, 6) is 1.32. The second-order valence-electron chi connectivity index (χ2n) is 9.71. The monoisotopic (exact) mass is 561 g/mol. The summed E-state index contributed by atoms with van der Waals surface area (Å²) in [7, 11) is 1.60. The molecule has 0 radical (unpaired) electrons. The smallest absolute Gasteiger partial charge is 0.282 e. The van der Waals surface area contributed by atoms with Crippen LogP contribution >= 0.6 is 0 Å². The molecule has 3 aromatic heterocycles. The standard InChI is InChI=1S/C32H27N5O5/c1-19-15-21(20(2)36(19)22-11-13-23(14-12-22)41-18-30(33)38)17-34-37-31(35-26-8-5-4-7-24(26)32(37)39)29-16-25-27(40-3)9-6-10-28(25)42-29/h4-17H,18H2,1-3H3,(H2,33,38). The molecule has 0 aliphatic heterocycles. The maximum absolute atomic E-state index is 13.7. The Hall–Kier alpha value is -5.64. The van der Waals surface area contributed by atoms with E-state index in [1.807, 2.05) is 56.3 Å². The van der Waals surface area contributed by atoms with Gasteiger partial charge in [-0.15, -0.1) is 0 Å². The zero-order chi connectivity index (χ0) is 29.4. The van der Waals surface area contributed by atoms with Gasteiger partial charge in [-0.1, -0.05) is 18.2 Å². The number of benzene rings is 3. The van der Waals surface area contributed by atoms with E-state index in [0.29, 0.717) is 33.7 Å². The van der Waals surface area contributed by atoms with Gasteiger partial charge in [-0.3, -0.25) is 9.59 Å². The summed E-state index contributed by atoms with van der Waals surface area (Å²) in [6, 6.07) is 23.8. The number of carbonyl (C=O) groups is 1. The molecule has 0 unspecified atom stereocenters. The minimum Gasteiger partial charge on any atom is -0.496 e. The van der Waals surface area contributed by atoms with Crippen LogP contribution in [0.2, 0.25) is 0 Å². The molecule has 0 atom stereocenters. The highest BCUT2D eigenvalue weighted by atomic mass is 16.5. The van der Waals surface area contributed by atoms with Crippen molar-refractivity contribution in [2.75, 3.05) is 13.7 Å². The topological polar surface area (TPSA) is 127 Å². The van der Waals surface area contributed by atoms with Crippen molar-refractivity contribution in [1.29, 1.82) is 0 Å². The zero-order valence-corrected chi connectivity index (χ0v) is 23.2. The number of rotatable bonds is 8. The van der Waals surface area contributed by atoms with Gasteiger partial charge in [-0.2, -0.15) is 9.78 Å². The van der Waals surface area contributed by atoms with Gasteiger partial charge in [0.05, 0.1) is 29.6 Å². The quantitative estimate of drug-likeness (QED) is 0.261. The Morgan fingerprint density at radius 1 is 1.02 bits per heavy atom. The van der Waals surface area contributed by atoms with Gasteiger partial charge in [0, 0.05) is 22.6 Å². The van der Waals surface area contributed by atoms with Crippen molar-refractivity contribution in [3.05, 3.63) is 106 Å². The van der Waals surface area contributed by atoms with Gasteiger partial charge in [0.1, 0.15) is 17.1 Å². The van der Waals surface area contributed by atoms with Crippen LogP contribution in [-0.2, 0) is 4.79 Å². The predicted molar refractivity (Wildman–Crippen MR) is 161 cm³/mol. The van der Waals surface area contributed by atoms with Gasteiger partial charge in [0.2, 0.25) is 5.82 Å². The van der Waals surface area contributed by atoms with E-state index in [2.05, 4.69) is 9.67 Å². The van der Waals surface area contributed by atoms with Crippen molar-refractivity contribution in [2.24, 2.45) is 10.8 Å². The van der Waals surface area contributed by atoms with Gasteiger partial charge in [0.25, 0.3) is 11.5 Å². The number of methoxy groups -OCH3 is 1. The molecule has 0 saturated heterocycles. The lowest BCUT2D eigenvalue weighted by atomic mass is 10.2. The number of amides is 1. The number of fused-ring (bicyclic) bond motifs is 2. The summed E-state index contributed by atoms with van der Waals surface area (Å²) >= 11 is 0. The van der Waals surface area contributed by atoms with Crippen LogP contribution in [-0.4, -0.2) is 40.1 Å². The summed E-state index contributed by atoms with van der Waals surface area (Å²) in [4.78, 5) is 29.5. The molecule has 6 rings (SSSR count). The molecular weight excluding hydrogens is 534 g/mol. The van der Waals surface area contributed by atoms with Crippen molar-refractivity contribution in [3.8, 4) is 28.8 Å². The van der Waals surface area contributed by atoms with E-state index in [0.717, 1.165) is 28.0 Å². The average molecular weight is 562 g/mol. The third-order valence-electron chi connectivity index (χ3n) is 6.97. The molecular formula is C32H27N5O5. The fourth-order valence-electron chi connectivity index (χ4n) is 4.99. The lowest BCUT2D eigenvalue weighted by Gasteiger charge is -2.11. The lowest BCUT2D eigenvalue weighted by Crippen LogP contribution is -2.20. The van der Waals surface area contributed by atoms with E-state index >= 15 is 0 Å². The number of ether oxygens (including phenoxy) is 2.